The van der Waals surface area contributed by atoms with E-state index in [2.05, 4.69) is 55.6 Å². The third-order valence-electron chi connectivity index (χ3n) is 2.02. The fourth-order valence-corrected chi connectivity index (χ4v) is 2.07. The lowest BCUT2D eigenvalue weighted by Crippen LogP contribution is -1.96. The van der Waals surface area contributed by atoms with Crippen LogP contribution in [0.5, 0.6) is 0 Å². The zero-order valence-electron chi connectivity index (χ0n) is 8.53. The van der Waals surface area contributed by atoms with Crippen molar-refractivity contribution in [1.82, 2.24) is 0 Å². The maximum absolute atomic E-state index is 2.40. The van der Waals surface area contributed by atoms with Gasteiger partial charge in [0.05, 0.1) is 0 Å². The second-order valence-electron chi connectivity index (χ2n) is 3.78. The van der Waals surface area contributed by atoms with E-state index >= 15 is 0 Å². The van der Waals surface area contributed by atoms with E-state index in [1.807, 2.05) is 0 Å². The van der Waals surface area contributed by atoms with Crippen LogP contribution in [0.1, 0.15) is 12.0 Å². The van der Waals surface area contributed by atoms with Crippen LogP contribution in [-0.4, -0.2) is 8.80 Å². The monoisotopic (exact) mass is 190 g/mol. The van der Waals surface area contributed by atoms with Gasteiger partial charge in [-0.25, -0.2) is 0 Å². The molecule has 0 amide bonds. The average molecular weight is 190 g/mol. The molecule has 0 aliphatic rings. The largest absolute Gasteiger partial charge is 0.0842 e. The zero-order valence-corrected chi connectivity index (χ0v) is 9.69. The molecule has 0 aromatic heterocycles. The van der Waals surface area contributed by atoms with Crippen molar-refractivity contribution < 1.29 is 0 Å². The Morgan fingerprint density at radius 2 is 1.85 bits per heavy atom. The summed E-state index contributed by atoms with van der Waals surface area (Å²) in [6, 6.07) is 11.9. The van der Waals surface area contributed by atoms with Crippen molar-refractivity contribution in [3.63, 3.8) is 0 Å². The van der Waals surface area contributed by atoms with Crippen LogP contribution in [0.4, 0.5) is 0 Å². The standard InChI is InChI=1S/C12H18Si/c1-13(2)11-7-6-10-12-8-4-3-5-9-12/h3-6,8-10,13H,7,11H2,1-2H3. The highest BCUT2D eigenvalue weighted by atomic mass is 28.3. The van der Waals surface area contributed by atoms with E-state index in [-0.39, 0.29) is 8.80 Å². The Balaban J connectivity index is 2.33. The molecule has 1 heteroatoms. The zero-order chi connectivity index (χ0) is 9.52. The summed E-state index contributed by atoms with van der Waals surface area (Å²) in [4.78, 5) is 0. The molecule has 70 valence electrons. The summed E-state index contributed by atoms with van der Waals surface area (Å²) in [6.45, 7) is 4.80. The van der Waals surface area contributed by atoms with Crippen LogP contribution in [0.2, 0.25) is 19.1 Å². The van der Waals surface area contributed by atoms with Gasteiger partial charge >= 0.3 is 0 Å². The Morgan fingerprint density at radius 3 is 2.46 bits per heavy atom. The Labute approximate surface area is 82.9 Å². The maximum Gasteiger partial charge on any atom is 0.0308 e. The van der Waals surface area contributed by atoms with Gasteiger partial charge in [0.25, 0.3) is 0 Å². The molecule has 1 aromatic carbocycles. The molecule has 0 spiro atoms. The number of allylic oxidation sites excluding steroid dienone is 1. The van der Waals surface area contributed by atoms with Crippen molar-refractivity contribution in [3.8, 4) is 0 Å². The molecule has 0 unspecified atom stereocenters. The first-order valence-corrected chi connectivity index (χ1v) is 8.13. The second kappa shape index (κ2) is 5.76. The lowest BCUT2D eigenvalue weighted by Gasteiger charge is -1.97. The molecule has 13 heavy (non-hydrogen) atoms. The molecular formula is C12H18Si. The van der Waals surface area contributed by atoms with Crippen molar-refractivity contribution >= 4 is 14.9 Å². The minimum Gasteiger partial charge on any atom is -0.0842 e. The van der Waals surface area contributed by atoms with Crippen molar-refractivity contribution in [2.45, 2.75) is 25.6 Å². The maximum atomic E-state index is 2.40. The third-order valence-corrected chi connectivity index (χ3v) is 3.51. The van der Waals surface area contributed by atoms with Gasteiger partial charge in [0.2, 0.25) is 0 Å². The Morgan fingerprint density at radius 1 is 1.15 bits per heavy atom. The van der Waals surface area contributed by atoms with Gasteiger partial charge in [0, 0.05) is 8.80 Å². The quantitative estimate of drug-likeness (QED) is 0.637. The number of rotatable bonds is 4. The first-order valence-electron chi connectivity index (χ1n) is 5.00. The summed E-state index contributed by atoms with van der Waals surface area (Å²) >= 11 is 0. The highest BCUT2D eigenvalue weighted by Gasteiger charge is 1.91. The fourth-order valence-electron chi connectivity index (χ4n) is 1.21. The van der Waals surface area contributed by atoms with Gasteiger partial charge in [-0.3, -0.25) is 0 Å². The van der Waals surface area contributed by atoms with Crippen LogP contribution in [0, 0.1) is 0 Å². The predicted molar refractivity (Wildman–Crippen MR) is 63.8 cm³/mol. The molecule has 0 N–H and O–H groups in total. The van der Waals surface area contributed by atoms with Gasteiger partial charge in [-0.15, -0.1) is 0 Å². The summed E-state index contributed by atoms with van der Waals surface area (Å²) in [6.07, 6.45) is 5.76. The molecular weight excluding hydrogens is 172 g/mol. The Bertz CT molecular complexity index is 249. The van der Waals surface area contributed by atoms with Crippen molar-refractivity contribution in [3.05, 3.63) is 42.0 Å². The van der Waals surface area contributed by atoms with Crippen molar-refractivity contribution in [1.29, 1.82) is 0 Å². The summed E-state index contributed by atoms with van der Waals surface area (Å²) < 4.78 is 0. The summed E-state index contributed by atoms with van der Waals surface area (Å²) in [5, 5.41) is 0. The molecule has 1 rings (SSSR count). The summed E-state index contributed by atoms with van der Waals surface area (Å²) in [5.41, 5.74) is 1.31. The molecule has 0 aliphatic carbocycles. The minimum absolute atomic E-state index is 0.347. The van der Waals surface area contributed by atoms with E-state index < -0.39 is 0 Å². The molecule has 0 saturated heterocycles. The SMILES string of the molecule is C[SiH](C)CCC=Cc1ccccc1. The van der Waals surface area contributed by atoms with Crippen LogP contribution >= 0.6 is 0 Å². The van der Waals surface area contributed by atoms with E-state index in [1.165, 1.54) is 18.0 Å². The van der Waals surface area contributed by atoms with Crippen molar-refractivity contribution in [2.75, 3.05) is 0 Å². The van der Waals surface area contributed by atoms with Crippen LogP contribution in [-0.2, 0) is 0 Å². The smallest absolute Gasteiger partial charge is 0.0308 e. The number of hydrogen-bond acceptors (Lipinski definition) is 0. The first-order chi connectivity index (χ1) is 6.29. The molecule has 0 aliphatic heterocycles. The number of hydrogen-bond donors (Lipinski definition) is 0. The number of benzene rings is 1. The third kappa shape index (κ3) is 4.68. The molecule has 0 fully saturated rings. The summed E-state index contributed by atoms with van der Waals surface area (Å²) in [5.74, 6) is 0. The van der Waals surface area contributed by atoms with Gasteiger partial charge in [-0.1, -0.05) is 61.6 Å². The van der Waals surface area contributed by atoms with Crippen molar-refractivity contribution in [2.24, 2.45) is 0 Å². The van der Waals surface area contributed by atoms with Crippen LogP contribution in [0.15, 0.2) is 36.4 Å². The van der Waals surface area contributed by atoms with E-state index in [9.17, 15) is 0 Å². The summed E-state index contributed by atoms with van der Waals surface area (Å²) in [7, 11) is -0.347. The Hall–Kier alpha value is -0.823. The topological polar surface area (TPSA) is 0 Å². The average Bonchev–Trinajstić information content (AvgIpc) is 2.14. The molecule has 0 nitrogen and oxygen atoms in total. The van der Waals surface area contributed by atoms with Gasteiger partial charge in [0.15, 0.2) is 0 Å². The minimum atomic E-state index is -0.347. The Kier molecular flexibility index (Phi) is 4.55. The van der Waals surface area contributed by atoms with Gasteiger partial charge in [0.1, 0.15) is 0 Å². The van der Waals surface area contributed by atoms with E-state index in [0.29, 0.717) is 0 Å². The molecule has 0 radical (unpaired) electrons. The van der Waals surface area contributed by atoms with Gasteiger partial charge in [-0.2, -0.15) is 0 Å². The first kappa shape index (κ1) is 10.3. The highest BCUT2D eigenvalue weighted by molar-refractivity contribution is 6.55. The van der Waals surface area contributed by atoms with Crippen LogP contribution in [0.3, 0.4) is 0 Å². The highest BCUT2D eigenvalue weighted by Crippen LogP contribution is 2.04. The fraction of sp³-hybridized carbons (Fsp3) is 0.333. The molecule has 0 atom stereocenters. The second-order valence-corrected chi connectivity index (χ2v) is 7.15. The van der Waals surface area contributed by atoms with E-state index in [1.54, 1.807) is 0 Å². The predicted octanol–water partition coefficient (Wildman–Crippen LogP) is 3.58. The van der Waals surface area contributed by atoms with Crippen LogP contribution in [0.25, 0.3) is 6.08 Å². The van der Waals surface area contributed by atoms with E-state index in [4.69, 9.17) is 0 Å². The van der Waals surface area contributed by atoms with Crippen LogP contribution < -0.4 is 0 Å². The molecule has 0 saturated carbocycles. The molecule has 0 heterocycles. The van der Waals surface area contributed by atoms with Gasteiger partial charge in [-0.05, 0) is 12.0 Å². The normalized spacial score (nSPS) is 11.3. The van der Waals surface area contributed by atoms with E-state index in [0.717, 1.165) is 0 Å². The molecule has 1 aromatic rings. The molecule has 0 bridgehead atoms. The van der Waals surface area contributed by atoms with Gasteiger partial charge < -0.3 is 0 Å². The lowest BCUT2D eigenvalue weighted by molar-refractivity contribution is 1.19. The lowest BCUT2D eigenvalue weighted by atomic mass is 10.2.